The molecule has 1 aromatic heterocycles. The molecular weight excluding hydrogens is 250 g/mol. The fourth-order valence-corrected chi connectivity index (χ4v) is 2.04. The van der Waals surface area contributed by atoms with E-state index >= 15 is 0 Å². The zero-order valence-corrected chi connectivity index (χ0v) is 13.2. The van der Waals surface area contributed by atoms with Crippen LogP contribution in [0.3, 0.4) is 0 Å². The first-order valence-electron chi connectivity index (χ1n) is 8.04. The van der Waals surface area contributed by atoms with Gasteiger partial charge in [-0.05, 0) is 19.8 Å². The van der Waals surface area contributed by atoms with Crippen LogP contribution in [0.5, 0.6) is 5.88 Å². The van der Waals surface area contributed by atoms with Gasteiger partial charge in [0.15, 0.2) is 0 Å². The highest BCUT2D eigenvalue weighted by molar-refractivity contribution is 5.38. The van der Waals surface area contributed by atoms with Crippen molar-refractivity contribution >= 4 is 5.82 Å². The van der Waals surface area contributed by atoms with E-state index in [0.717, 1.165) is 44.1 Å². The number of aromatic nitrogens is 2. The number of hydrogen-bond donors (Lipinski definition) is 1. The first kappa shape index (κ1) is 16.7. The fraction of sp³-hybridized carbons (Fsp3) is 0.750. The Hall–Kier alpha value is -1.32. The molecule has 1 N–H and O–H groups in total. The van der Waals surface area contributed by atoms with Gasteiger partial charge in [-0.1, -0.05) is 39.5 Å². The average Bonchev–Trinajstić information content (AvgIpc) is 2.43. The zero-order chi connectivity index (χ0) is 14.6. The van der Waals surface area contributed by atoms with Crippen LogP contribution in [0.15, 0.2) is 6.07 Å². The van der Waals surface area contributed by atoms with Gasteiger partial charge in [0, 0.05) is 19.0 Å². The zero-order valence-electron chi connectivity index (χ0n) is 13.2. The number of nitrogens with zero attached hydrogens (tertiary/aromatic N) is 2. The Morgan fingerprint density at radius 3 is 2.50 bits per heavy atom. The Morgan fingerprint density at radius 2 is 1.80 bits per heavy atom. The Balaban J connectivity index is 2.46. The normalized spacial score (nSPS) is 10.6. The molecule has 0 amide bonds. The predicted octanol–water partition coefficient (Wildman–Crippen LogP) is 4.21. The lowest BCUT2D eigenvalue weighted by molar-refractivity contribution is 0.292. The SMILES string of the molecule is CCCCCCCOc1cc(NCC)nc(CCC)n1. The van der Waals surface area contributed by atoms with E-state index in [-0.39, 0.29) is 0 Å². The van der Waals surface area contributed by atoms with Gasteiger partial charge in [0.05, 0.1) is 6.61 Å². The third-order valence-electron chi connectivity index (χ3n) is 3.08. The van der Waals surface area contributed by atoms with Crippen molar-refractivity contribution in [2.24, 2.45) is 0 Å². The Bertz CT molecular complexity index is 344. The van der Waals surface area contributed by atoms with Crippen LogP contribution < -0.4 is 10.1 Å². The molecule has 0 radical (unpaired) electrons. The van der Waals surface area contributed by atoms with Gasteiger partial charge < -0.3 is 10.1 Å². The van der Waals surface area contributed by atoms with E-state index in [9.17, 15) is 0 Å². The maximum Gasteiger partial charge on any atom is 0.218 e. The highest BCUT2D eigenvalue weighted by Crippen LogP contribution is 2.15. The third kappa shape index (κ3) is 6.73. The van der Waals surface area contributed by atoms with Gasteiger partial charge in [-0.15, -0.1) is 0 Å². The molecule has 0 aliphatic carbocycles. The summed E-state index contributed by atoms with van der Waals surface area (Å²) >= 11 is 0. The first-order valence-corrected chi connectivity index (χ1v) is 8.04. The van der Waals surface area contributed by atoms with Crippen LogP contribution in [0.2, 0.25) is 0 Å². The van der Waals surface area contributed by atoms with E-state index in [1.807, 2.05) is 6.07 Å². The second-order valence-corrected chi connectivity index (χ2v) is 5.05. The summed E-state index contributed by atoms with van der Waals surface area (Å²) in [6.45, 7) is 8.04. The number of nitrogens with one attached hydrogen (secondary N) is 1. The standard InChI is InChI=1S/C16H29N3O/c1-4-7-8-9-10-12-20-16-13-15(17-6-3)18-14(19-16)11-5-2/h13H,4-12H2,1-3H3,(H,17,18,19). The number of rotatable bonds is 11. The highest BCUT2D eigenvalue weighted by Gasteiger charge is 2.04. The van der Waals surface area contributed by atoms with Crippen LogP contribution in [0.25, 0.3) is 0 Å². The van der Waals surface area contributed by atoms with Crippen molar-refractivity contribution in [1.82, 2.24) is 9.97 Å². The molecule has 0 saturated heterocycles. The van der Waals surface area contributed by atoms with E-state index in [1.165, 1.54) is 25.7 Å². The van der Waals surface area contributed by atoms with Crippen molar-refractivity contribution in [2.75, 3.05) is 18.5 Å². The summed E-state index contributed by atoms with van der Waals surface area (Å²) in [5.41, 5.74) is 0. The molecule has 0 aromatic carbocycles. The van der Waals surface area contributed by atoms with Gasteiger partial charge in [-0.3, -0.25) is 0 Å². The summed E-state index contributed by atoms with van der Waals surface area (Å²) in [5, 5.41) is 3.23. The van der Waals surface area contributed by atoms with Crippen LogP contribution in [0.4, 0.5) is 5.82 Å². The van der Waals surface area contributed by atoms with Gasteiger partial charge in [0.25, 0.3) is 0 Å². The fourth-order valence-electron chi connectivity index (χ4n) is 2.04. The van der Waals surface area contributed by atoms with Crippen LogP contribution >= 0.6 is 0 Å². The number of ether oxygens (including phenoxy) is 1. The largest absolute Gasteiger partial charge is 0.478 e. The summed E-state index contributed by atoms with van der Waals surface area (Å²) in [6, 6.07) is 1.90. The number of unbranched alkanes of at least 4 members (excludes halogenated alkanes) is 4. The number of aryl methyl sites for hydroxylation is 1. The maximum atomic E-state index is 5.77. The van der Waals surface area contributed by atoms with Gasteiger partial charge in [0.1, 0.15) is 11.6 Å². The van der Waals surface area contributed by atoms with Crippen molar-refractivity contribution in [2.45, 2.75) is 65.7 Å². The lowest BCUT2D eigenvalue weighted by atomic mass is 10.2. The Labute approximate surface area is 123 Å². The van der Waals surface area contributed by atoms with Crippen molar-refractivity contribution in [3.63, 3.8) is 0 Å². The van der Waals surface area contributed by atoms with Gasteiger partial charge in [0.2, 0.25) is 5.88 Å². The molecule has 0 fully saturated rings. The molecule has 0 spiro atoms. The van der Waals surface area contributed by atoms with E-state index in [0.29, 0.717) is 5.88 Å². The van der Waals surface area contributed by atoms with E-state index in [2.05, 4.69) is 36.1 Å². The molecule has 1 aromatic rings. The second kappa shape index (κ2) is 10.5. The topological polar surface area (TPSA) is 47.0 Å². The Kier molecular flexibility index (Phi) is 8.76. The summed E-state index contributed by atoms with van der Waals surface area (Å²) in [7, 11) is 0. The molecule has 0 unspecified atom stereocenters. The van der Waals surface area contributed by atoms with Crippen molar-refractivity contribution in [3.8, 4) is 5.88 Å². The molecule has 20 heavy (non-hydrogen) atoms. The lowest BCUT2D eigenvalue weighted by Crippen LogP contribution is -2.07. The van der Waals surface area contributed by atoms with E-state index in [1.54, 1.807) is 0 Å². The number of anilines is 1. The average molecular weight is 279 g/mol. The first-order chi connectivity index (χ1) is 9.80. The van der Waals surface area contributed by atoms with E-state index < -0.39 is 0 Å². The third-order valence-corrected chi connectivity index (χ3v) is 3.08. The molecule has 1 heterocycles. The molecular formula is C16H29N3O. The molecule has 0 aliphatic rings. The molecule has 4 heteroatoms. The summed E-state index contributed by atoms with van der Waals surface area (Å²) in [5.74, 6) is 2.44. The molecule has 0 bridgehead atoms. The monoisotopic (exact) mass is 279 g/mol. The molecule has 1 rings (SSSR count). The van der Waals surface area contributed by atoms with Crippen molar-refractivity contribution in [3.05, 3.63) is 11.9 Å². The number of hydrogen-bond acceptors (Lipinski definition) is 4. The Morgan fingerprint density at radius 1 is 1.00 bits per heavy atom. The van der Waals surface area contributed by atoms with Gasteiger partial charge in [-0.25, -0.2) is 4.98 Å². The van der Waals surface area contributed by atoms with Crippen molar-refractivity contribution in [1.29, 1.82) is 0 Å². The predicted molar refractivity (Wildman–Crippen MR) is 84.4 cm³/mol. The molecule has 0 saturated carbocycles. The van der Waals surface area contributed by atoms with E-state index in [4.69, 9.17) is 4.74 Å². The minimum absolute atomic E-state index is 0.704. The van der Waals surface area contributed by atoms with Gasteiger partial charge in [-0.2, -0.15) is 4.98 Å². The van der Waals surface area contributed by atoms with Crippen molar-refractivity contribution < 1.29 is 4.74 Å². The highest BCUT2D eigenvalue weighted by atomic mass is 16.5. The maximum absolute atomic E-state index is 5.77. The molecule has 0 atom stereocenters. The molecule has 0 aliphatic heterocycles. The second-order valence-electron chi connectivity index (χ2n) is 5.05. The minimum Gasteiger partial charge on any atom is -0.478 e. The van der Waals surface area contributed by atoms with Gasteiger partial charge >= 0.3 is 0 Å². The summed E-state index contributed by atoms with van der Waals surface area (Å²) in [4.78, 5) is 8.95. The smallest absolute Gasteiger partial charge is 0.218 e. The van der Waals surface area contributed by atoms with Crippen LogP contribution in [0, 0.1) is 0 Å². The van der Waals surface area contributed by atoms with Crippen LogP contribution in [0.1, 0.15) is 65.1 Å². The summed E-state index contributed by atoms with van der Waals surface area (Å²) < 4.78 is 5.77. The molecule has 114 valence electrons. The lowest BCUT2D eigenvalue weighted by Gasteiger charge is -2.10. The quantitative estimate of drug-likeness (QED) is 0.616. The van der Waals surface area contributed by atoms with Crippen LogP contribution in [-0.4, -0.2) is 23.1 Å². The molecule has 4 nitrogen and oxygen atoms in total. The minimum atomic E-state index is 0.704. The summed E-state index contributed by atoms with van der Waals surface area (Å²) in [6.07, 6.45) is 8.17. The van der Waals surface area contributed by atoms with Crippen LogP contribution in [-0.2, 0) is 6.42 Å².